The first-order chi connectivity index (χ1) is 10.9. The molecule has 0 aliphatic rings. The molecule has 2 aromatic rings. The van der Waals surface area contributed by atoms with Crippen LogP contribution in [-0.2, 0) is 4.79 Å². The lowest BCUT2D eigenvalue weighted by molar-refractivity contribution is -0.114. The van der Waals surface area contributed by atoms with E-state index >= 15 is 0 Å². The largest absolute Gasteiger partial charge is 0.495 e. The Hall–Kier alpha value is -2.96. The number of rotatable bonds is 4. The number of benzene rings is 1. The van der Waals surface area contributed by atoms with Crippen LogP contribution in [0, 0.1) is 13.8 Å². The van der Waals surface area contributed by atoms with Crippen LogP contribution in [0.3, 0.4) is 0 Å². The lowest BCUT2D eigenvalue weighted by Crippen LogP contribution is -2.17. The van der Waals surface area contributed by atoms with Crippen molar-refractivity contribution in [1.82, 2.24) is 9.97 Å². The Kier molecular flexibility index (Phi) is 4.90. The Morgan fingerprint density at radius 2 is 1.87 bits per heavy atom. The second-order valence-electron chi connectivity index (χ2n) is 4.98. The molecule has 0 bridgehead atoms. The quantitative estimate of drug-likeness (QED) is 0.903. The molecule has 7 nitrogen and oxygen atoms in total. The van der Waals surface area contributed by atoms with Gasteiger partial charge in [0.15, 0.2) is 0 Å². The summed E-state index contributed by atoms with van der Waals surface area (Å²) in [7, 11) is 1.50. The Labute approximate surface area is 134 Å². The maximum atomic E-state index is 12.4. The Morgan fingerprint density at radius 1 is 1.13 bits per heavy atom. The molecular formula is C16H18N4O3. The zero-order chi connectivity index (χ0) is 17.0. The molecule has 0 radical (unpaired) electrons. The van der Waals surface area contributed by atoms with Gasteiger partial charge in [0.2, 0.25) is 5.91 Å². The Balaban J connectivity index is 2.32. The molecule has 7 heteroatoms. The Bertz CT molecular complexity index is 759. The monoisotopic (exact) mass is 314 g/mol. The van der Waals surface area contributed by atoms with E-state index in [1.165, 1.54) is 20.4 Å². The van der Waals surface area contributed by atoms with E-state index < -0.39 is 0 Å². The van der Waals surface area contributed by atoms with E-state index in [-0.39, 0.29) is 11.8 Å². The fraction of sp³-hybridized carbons (Fsp3) is 0.250. The van der Waals surface area contributed by atoms with Crippen molar-refractivity contribution >= 4 is 23.2 Å². The van der Waals surface area contributed by atoms with Gasteiger partial charge in [0.05, 0.1) is 12.8 Å². The average Bonchev–Trinajstić information content (AvgIpc) is 2.49. The van der Waals surface area contributed by atoms with E-state index in [2.05, 4.69) is 20.6 Å². The second-order valence-corrected chi connectivity index (χ2v) is 4.98. The third kappa shape index (κ3) is 3.82. The number of methoxy groups -OCH3 is 1. The van der Waals surface area contributed by atoms with E-state index in [4.69, 9.17) is 4.74 Å². The van der Waals surface area contributed by atoms with Crippen LogP contribution < -0.4 is 15.4 Å². The van der Waals surface area contributed by atoms with Crippen molar-refractivity contribution in [2.75, 3.05) is 17.7 Å². The standard InChI is InChI=1S/C16H18N4O3/c1-9-10(2)17-8-18-15(9)16(22)20-13-7-12(19-11(3)21)5-6-14(13)23-4/h5-8H,1-4H3,(H,19,21)(H,20,22). The molecule has 1 heterocycles. The van der Waals surface area contributed by atoms with Crippen LogP contribution in [0.5, 0.6) is 5.75 Å². The summed E-state index contributed by atoms with van der Waals surface area (Å²) in [6.07, 6.45) is 1.35. The molecule has 0 spiro atoms. The lowest BCUT2D eigenvalue weighted by atomic mass is 10.1. The number of anilines is 2. The van der Waals surface area contributed by atoms with Gasteiger partial charge in [-0.2, -0.15) is 0 Å². The van der Waals surface area contributed by atoms with Crippen LogP contribution >= 0.6 is 0 Å². The molecule has 120 valence electrons. The van der Waals surface area contributed by atoms with Crippen molar-refractivity contribution in [3.05, 3.63) is 41.5 Å². The lowest BCUT2D eigenvalue weighted by Gasteiger charge is -2.13. The summed E-state index contributed by atoms with van der Waals surface area (Å²) in [5.74, 6) is -0.0862. The molecule has 1 aromatic heterocycles. The number of ether oxygens (including phenoxy) is 1. The maximum absolute atomic E-state index is 12.4. The van der Waals surface area contributed by atoms with Gasteiger partial charge >= 0.3 is 0 Å². The van der Waals surface area contributed by atoms with Crippen LogP contribution in [0.1, 0.15) is 28.7 Å². The van der Waals surface area contributed by atoms with Gasteiger partial charge in [-0.05, 0) is 32.0 Å². The van der Waals surface area contributed by atoms with Gasteiger partial charge in [-0.15, -0.1) is 0 Å². The van der Waals surface area contributed by atoms with E-state index in [9.17, 15) is 9.59 Å². The number of amides is 2. The molecule has 2 N–H and O–H groups in total. The highest BCUT2D eigenvalue weighted by atomic mass is 16.5. The fourth-order valence-electron chi connectivity index (χ4n) is 2.04. The van der Waals surface area contributed by atoms with Gasteiger partial charge in [-0.1, -0.05) is 0 Å². The summed E-state index contributed by atoms with van der Waals surface area (Å²) in [5, 5.41) is 5.41. The van der Waals surface area contributed by atoms with Crippen molar-refractivity contribution in [3.63, 3.8) is 0 Å². The molecule has 0 aliphatic carbocycles. The second kappa shape index (κ2) is 6.87. The minimum absolute atomic E-state index is 0.199. The fourth-order valence-corrected chi connectivity index (χ4v) is 2.04. The first kappa shape index (κ1) is 16.4. The predicted octanol–water partition coefficient (Wildman–Crippen LogP) is 2.31. The normalized spacial score (nSPS) is 10.1. The van der Waals surface area contributed by atoms with Gasteiger partial charge in [-0.25, -0.2) is 9.97 Å². The third-order valence-electron chi connectivity index (χ3n) is 3.32. The van der Waals surface area contributed by atoms with Crippen molar-refractivity contribution in [2.45, 2.75) is 20.8 Å². The smallest absolute Gasteiger partial charge is 0.274 e. The van der Waals surface area contributed by atoms with Crippen LogP contribution in [0.2, 0.25) is 0 Å². The number of hydrogen-bond donors (Lipinski definition) is 2. The summed E-state index contributed by atoms with van der Waals surface area (Å²) in [5.41, 5.74) is 2.75. The van der Waals surface area contributed by atoms with Crippen LogP contribution in [0.25, 0.3) is 0 Å². The van der Waals surface area contributed by atoms with Gasteiger partial charge in [-0.3, -0.25) is 9.59 Å². The summed E-state index contributed by atoms with van der Waals surface area (Å²) in [6, 6.07) is 4.98. The summed E-state index contributed by atoms with van der Waals surface area (Å²) >= 11 is 0. The van der Waals surface area contributed by atoms with Crippen molar-refractivity contribution in [2.24, 2.45) is 0 Å². The van der Waals surface area contributed by atoms with Gasteiger partial charge in [0.1, 0.15) is 17.8 Å². The number of carbonyl (C=O) groups excluding carboxylic acids is 2. The minimum atomic E-state index is -0.369. The molecule has 23 heavy (non-hydrogen) atoms. The number of hydrogen-bond acceptors (Lipinski definition) is 5. The van der Waals surface area contributed by atoms with E-state index in [0.29, 0.717) is 28.4 Å². The Morgan fingerprint density at radius 3 is 2.52 bits per heavy atom. The molecule has 0 unspecified atom stereocenters. The number of aryl methyl sites for hydroxylation is 1. The number of aromatic nitrogens is 2. The van der Waals surface area contributed by atoms with Crippen molar-refractivity contribution in [3.8, 4) is 5.75 Å². The highest BCUT2D eigenvalue weighted by Crippen LogP contribution is 2.28. The summed E-state index contributed by atoms with van der Waals surface area (Å²) < 4.78 is 5.24. The SMILES string of the molecule is COc1ccc(NC(C)=O)cc1NC(=O)c1ncnc(C)c1C. The number of nitrogens with zero attached hydrogens (tertiary/aromatic N) is 2. The molecular weight excluding hydrogens is 296 g/mol. The maximum Gasteiger partial charge on any atom is 0.274 e. The molecule has 0 fully saturated rings. The van der Waals surface area contributed by atoms with E-state index in [1.807, 2.05) is 6.92 Å². The van der Waals surface area contributed by atoms with Crippen molar-refractivity contribution in [1.29, 1.82) is 0 Å². The summed E-state index contributed by atoms with van der Waals surface area (Å²) in [6.45, 7) is 5.01. The van der Waals surface area contributed by atoms with Gasteiger partial charge in [0, 0.05) is 23.9 Å². The van der Waals surface area contributed by atoms with Crippen LogP contribution in [0.15, 0.2) is 24.5 Å². The zero-order valence-electron chi connectivity index (χ0n) is 13.4. The van der Waals surface area contributed by atoms with Gasteiger partial charge < -0.3 is 15.4 Å². The molecule has 0 aliphatic heterocycles. The first-order valence-corrected chi connectivity index (χ1v) is 6.97. The van der Waals surface area contributed by atoms with Crippen LogP contribution in [0.4, 0.5) is 11.4 Å². The highest BCUT2D eigenvalue weighted by molar-refractivity contribution is 6.05. The number of nitrogens with one attached hydrogen (secondary N) is 2. The highest BCUT2D eigenvalue weighted by Gasteiger charge is 2.15. The molecule has 2 rings (SSSR count). The zero-order valence-corrected chi connectivity index (χ0v) is 13.4. The first-order valence-electron chi connectivity index (χ1n) is 6.97. The van der Waals surface area contributed by atoms with E-state index in [1.54, 1.807) is 25.1 Å². The third-order valence-corrected chi connectivity index (χ3v) is 3.32. The number of carbonyl (C=O) groups is 2. The molecule has 1 aromatic carbocycles. The van der Waals surface area contributed by atoms with Crippen LogP contribution in [-0.4, -0.2) is 28.9 Å². The molecule has 2 amide bonds. The van der Waals surface area contributed by atoms with Crippen molar-refractivity contribution < 1.29 is 14.3 Å². The van der Waals surface area contributed by atoms with Gasteiger partial charge in [0.25, 0.3) is 5.91 Å². The van der Waals surface area contributed by atoms with E-state index in [0.717, 1.165) is 5.69 Å². The molecule has 0 atom stereocenters. The minimum Gasteiger partial charge on any atom is -0.495 e. The predicted molar refractivity (Wildman–Crippen MR) is 86.8 cm³/mol. The molecule has 0 saturated heterocycles. The molecule has 0 saturated carbocycles. The summed E-state index contributed by atoms with van der Waals surface area (Å²) in [4.78, 5) is 31.7. The topological polar surface area (TPSA) is 93.2 Å². The average molecular weight is 314 g/mol.